The Bertz CT molecular complexity index is 885. The Labute approximate surface area is 150 Å². The molecular formula is C17H22N6O3. The number of nitrogens with one attached hydrogen (secondary N) is 3. The van der Waals surface area contributed by atoms with Gasteiger partial charge in [-0.25, -0.2) is 14.7 Å². The molecule has 1 fully saturated rings. The van der Waals surface area contributed by atoms with E-state index in [4.69, 9.17) is 0 Å². The molecule has 1 aliphatic rings. The van der Waals surface area contributed by atoms with Gasteiger partial charge in [0, 0.05) is 44.4 Å². The van der Waals surface area contributed by atoms with E-state index in [0.29, 0.717) is 30.9 Å². The first-order valence-corrected chi connectivity index (χ1v) is 8.52. The predicted octanol–water partition coefficient (Wildman–Crippen LogP) is 0.908. The Morgan fingerprint density at radius 1 is 1.35 bits per heavy atom. The van der Waals surface area contributed by atoms with Crippen LogP contribution in [-0.2, 0) is 18.3 Å². The molecule has 0 radical (unpaired) electrons. The second-order valence-electron chi connectivity index (χ2n) is 6.29. The smallest absolute Gasteiger partial charge is 0.337 e. The molecule has 1 saturated heterocycles. The van der Waals surface area contributed by atoms with Gasteiger partial charge in [-0.1, -0.05) is 0 Å². The van der Waals surface area contributed by atoms with Crippen LogP contribution in [-0.4, -0.2) is 39.8 Å². The molecule has 3 amide bonds. The van der Waals surface area contributed by atoms with Gasteiger partial charge >= 0.3 is 11.7 Å². The number of anilines is 2. The number of carbonyl (C=O) groups is 2. The van der Waals surface area contributed by atoms with Gasteiger partial charge in [0.2, 0.25) is 5.91 Å². The molecule has 26 heavy (non-hydrogen) atoms. The molecule has 0 bridgehead atoms. The molecule has 1 aromatic carbocycles. The maximum Gasteiger partial charge on any atom is 0.343 e. The quantitative estimate of drug-likeness (QED) is 0.737. The molecular weight excluding hydrogens is 336 g/mol. The predicted molar refractivity (Wildman–Crippen MR) is 97.3 cm³/mol. The van der Waals surface area contributed by atoms with Crippen LogP contribution in [0.1, 0.15) is 24.2 Å². The van der Waals surface area contributed by atoms with Gasteiger partial charge in [-0.3, -0.25) is 9.36 Å². The molecule has 1 aliphatic heterocycles. The average Bonchev–Trinajstić information content (AvgIpc) is 3.15. The third-order valence-corrected chi connectivity index (χ3v) is 4.43. The topological polar surface area (TPSA) is 112 Å². The number of carbonyl (C=O) groups excluding carboxylic acids is 2. The van der Waals surface area contributed by atoms with Crippen molar-refractivity contribution in [1.82, 2.24) is 20.1 Å². The van der Waals surface area contributed by atoms with Crippen LogP contribution in [0.3, 0.4) is 0 Å². The van der Waals surface area contributed by atoms with E-state index in [2.05, 4.69) is 20.8 Å². The first kappa shape index (κ1) is 17.7. The summed E-state index contributed by atoms with van der Waals surface area (Å²) >= 11 is 0. The second kappa shape index (κ2) is 7.42. The van der Waals surface area contributed by atoms with E-state index in [1.165, 1.54) is 4.57 Å². The molecule has 3 N–H and O–H groups in total. The number of urea groups is 1. The van der Waals surface area contributed by atoms with Gasteiger partial charge < -0.3 is 15.5 Å². The van der Waals surface area contributed by atoms with Crippen molar-refractivity contribution < 1.29 is 9.59 Å². The lowest BCUT2D eigenvalue weighted by Crippen LogP contribution is -2.31. The molecule has 0 spiro atoms. The van der Waals surface area contributed by atoms with Crippen LogP contribution in [0.2, 0.25) is 0 Å². The van der Waals surface area contributed by atoms with Gasteiger partial charge in [-0.2, -0.15) is 5.10 Å². The number of aromatic amines is 1. The molecule has 0 atom stereocenters. The summed E-state index contributed by atoms with van der Waals surface area (Å²) in [4.78, 5) is 36.9. The lowest BCUT2D eigenvalue weighted by Gasteiger charge is -2.19. The van der Waals surface area contributed by atoms with E-state index in [-0.39, 0.29) is 17.6 Å². The number of aromatic nitrogens is 3. The SMILES string of the molecule is Cc1cc(NC(=O)NCCc2n[nH]c(=O)n2C)ccc1N1CCCC1=O. The molecule has 9 heteroatoms. The number of nitrogens with zero attached hydrogens (tertiary/aromatic N) is 3. The number of benzene rings is 1. The number of hydrogen-bond donors (Lipinski definition) is 3. The molecule has 0 aliphatic carbocycles. The van der Waals surface area contributed by atoms with E-state index in [9.17, 15) is 14.4 Å². The average molecular weight is 358 g/mol. The summed E-state index contributed by atoms with van der Waals surface area (Å²) in [5.41, 5.74) is 2.20. The summed E-state index contributed by atoms with van der Waals surface area (Å²) in [5, 5.41) is 11.7. The maximum atomic E-state index is 12.0. The summed E-state index contributed by atoms with van der Waals surface area (Å²) in [6.45, 7) is 3.01. The lowest BCUT2D eigenvalue weighted by molar-refractivity contribution is -0.117. The molecule has 1 aromatic heterocycles. The fraction of sp³-hybridized carbons (Fsp3) is 0.412. The van der Waals surface area contributed by atoms with Crippen molar-refractivity contribution in [3.05, 3.63) is 40.1 Å². The van der Waals surface area contributed by atoms with Gasteiger partial charge in [0.05, 0.1) is 0 Å². The molecule has 2 aromatic rings. The van der Waals surface area contributed by atoms with Gasteiger partial charge in [0.1, 0.15) is 5.82 Å². The summed E-state index contributed by atoms with van der Waals surface area (Å²) in [6, 6.07) is 5.14. The number of aryl methyl sites for hydroxylation is 1. The van der Waals surface area contributed by atoms with Crippen molar-refractivity contribution >= 4 is 23.3 Å². The highest BCUT2D eigenvalue weighted by Gasteiger charge is 2.23. The third-order valence-electron chi connectivity index (χ3n) is 4.43. The van der Waals surface area contributed by atoms with E-state index in [1.54, 1.807) is 18.0 Å². The van der Waals surface area contributed by atoms with Crippen molar-refractivity contribution in [2.75, 3.05) is 23.3 Å². The van der Waals surface area contributed by atoms with Crippen LogP contribution < -0.4 is 21.2 Å². The van der Waals surface area contributed by atoms with Crippen LogP contribution in [0.25, 0.3) is 0 Å². The molecule has 3 rings (SSSR count). The van der Waals surface area contributed by atoms with Crippen molar-refractivity contribution in [3.8, 4) is 0 Å². The molecule has 2 heterocycles. The Balaban J connectivity index is 1.54. The normalized spacial score (nSPS) is 13.9. The zero-order valence-electron chi connectivity index (χ0n) is 14.8. The summed E-state index contributed by atoms with van der Waals surface area (Å²) < 4.78 is 1.40. The highest BCUT2D eigenvalue weighted by atomic mass is 16.2. The first-order chi connectivity index (χ1) is 12.5. The Hall–Kier alpha value is -3.10. The largest absolute Gasteiger partial charge is 0.343 e. The Morgan fingerprint density at radius 3 is 2.77 bits per heavy atom. The molecule has 138 valence electrons. The first-order valence-electron chi connectivity index (χ1n) is 8.52. The van der Waals surface area contributed by atoms with Gasteiger partial charge in [0.25, 0.3) is 0 Å². The summed E-state index contributed by atoms with van der Waals surface area (Å²) in [7, 11) is 1.62. The highest BCUT2D eigenvalue weighted by molar-refractivity contribution is 5.96. The molecule has 0 saturated carbocycles. The molecule has 9 nitrogen and oxygen atoms in total. The van der Waals surface area contributed by atoms with Gasteiger partial charge in [0.15, 0.2) is 0 Å². The molecule has 0 unspecified atom stereocenters. The zero-order valence-corrected chi connectivity index (χ0v) is 14.8. The minimum absolute atomic E-state index is 0.138. The van der Waals surface area contributed by atoms with Crippen LogP contribution >= 0.6 is 0 Å². The van der Waals surface area contributed by atoms with Crippen molar-refractivity contribution in [2.45, 2.75) is 26.2 Å². The monoisotopic (exact) mass is 358 g/mol. The number of hydrogen-bond acceptors (Lipinski definition) is 4. The summed E-state index contributed by atoms with van der Waals surface area (Å²) in [6.07, 6.45) is 1.91. The number of rotatable bonds is 5. The fourth-order valence-corrected chi connectivity index (χ4v) is 3.01. The minimum atomic E-state index is -0.338. The minimum Gasteiger partial charge on any atom is -0.337 e. The standard InChI is InChI=1S/C17H22N6O3/c1-11-10-12(5-6-13(11)23-9-3-4-15(23)24)19-16(25)18-8-7-14-20-21-17(26)22(14)2/h5-6,10H,3-4,7-9H2,1-2H3,(H,21,26)(H2,18,19,25). The van der Waals surface area contributed by atoms with E-state index < -0.39 is 0 Å². The van der Waals surface area contributed by atoms with Crippen molar-refractivity contribution in [3.63, 3.8) is 0 Å². The Morgan fingerprint density at radius 2 is 2.15 bits per heavy atom. The van der Waals surface area contributed by atoms with E-state index >= 15 is 0 Å². The maximum absolute atomic E-state index is 12.0. The van der Waals surface area contributed by atoms with Crippen LogP contribution in [0, 0.1) is 6.92 Å². The highest BCUT2D eigenvalue weighted by Crippen LogP contribution is 2.27. The van der Waals surface area contributed by atoms with E-state index in [1.807, 2.05) is 19.1 Å². The van der Waals surface area contributed by atoms with Crippen LogP contribution in [0.5, 0.6) is 0 Å². The van der Waals surface area contributed by atoms with Crippen molar-refractivity contribution in [2.24, 2.45) is 7.05 Å². The van der Waals surface area contributed by atoms with E-state index in [0.717, 1.165) is 24.2 Å². The van der Waals surface area contributed by atoms with Crippen LogP contribution in [0.15, 0.2) is 23.0 Å². The second-order valence-corrected chi connectivity index (χ2v) is 6.29. The Kier molecular flexibility index (Phi) is 5.06. The zero-order chi connectivity index (χ0) is 18.7. The third kappa shape index (κ3) is 3.76. The van der Waals surface area contributed by atoms with Gasteiger partial charge in [-0.15, -0.1) is 0 Å². The number of H-pyrrole nitrogens is 1. The van der Waals surface area contributed by atoms with Crippen molar-refractivity contribution in [1.29, 1.82) is 0 Å². The van der Waals surface area contributed by atoms with Gasteiger partial charge in [-0.05, 0) is 37.1 Å². The lowest BCUT2D eigenvalue weighted by atomic mass is 10.1. The fourth-order valence-electron chi connectivity index (χ4n) is 3.01. The summed E-state index contributed by atoms with van der Waals surface area (Å²) in [5.74, 6) is 0.713. The number of amides is 3. The van der Waals surface area contributed by atoms with Crippen LogP contribution in [0.4, 0.5) is 16.2 Å².